The minimum absolute atomic E-state index is 0.293. The van der Waals surface area contributed by atoms with Crippen molar-refractivity contribution >= 4 is 0 Å². The van der Waals surface area contributed by atoms with E-state index in [-0.39, 0.29) is 0 Å². The Hall–Kier alpha value is -1.02. The van der Waals surface area contributed by atoms with Crippen molar-refractivity contribution in [3.63, 3.8) is 0 Å². The van der Waals surface area contributed by atoms with Crippen LogP contribution in [0.2, 0.25) is 0 Å². The fourth-order valence-electron chi connectivity index (χ4n) is 1.93. The van der Waals surface area contributed by atoms with Crippen molar-refractivity contribution in [3.05, 3.63) is 29.3 Å². The molecule has 0 aliphatic heterocycles. The third kappa shape index (κ3) is 1.42. The SMILES string of the molecule is COc1ccc2c(c1)CCC2OC. The molecule has 0 fully saturated rings. The number of benzene rings is 1. The number of aryl methyl sites for hydroxylation is 1. The van der Waals surface area contributed by atoms with Gasteiger partial charge in [-0.1, -0.05) is 6.07 Å². The van der Waals surface area contributed by atoms with Crippen molar-refractivity contribution in [2.24, 2.45) is 0 Å². The standard InChI is InChI=1S/C11H14O2/c1-12-9-4-5-10-8(7-9)3-6-11(10)13-2/h4-5,7,11H,3,6H2,1-2H3. The number of fused-ring (bicyclic) bond motifs is 1. The van der Waals surface area contributed by atoms with E-state index in [2.05, 4.69) is 12.1 Å². The fourth-order valence-corrected chi connectivity index (χ4v) is 1.93. The second kappa shape index (κ2) is 3.38. The van der Waals surface area contributed by atoms with Gasteiger partial charge in [0, 0.05) is 7.11 Å². The van der Waals surface area contributed by atoms with Crippen LogP contribution in [0.1, 0.15) is 23.7 Å². The molecule has 1 atom stereocenters. The van der Waals surface area contributed by atoms with Crippen molar-refractivity contribution < 1.29 is 9.47 Å². The molecule has 70 valence electrons. The molecule has 0 bridgehead atoms. The van der Waals surface area contributed by atoms with Gasteiger partial charge in [-0.05, 0) is 36.1 Å². The smallest absolute Gasteiger partial charge is 0.119 e. The van der Waals surface area contributed by atoms with E-state index in [1.807, 2.05) is 6.07 Å². The Labute approximate surface area is 78.5 Å². The van der Waals surface area contributed by atoms with Crippen LogP contribution >= 0.6 is 0 Å². The van der Waals surface area contributed by atoms with Crippen LogP contribution in [0.15, 0.2) is 18.2 Å². The maximum absolute atomic E-state index is 5.37. The highest BCUT2D eigenvalue weighted by Crippen LogP contribution is 2.35. The molecule has 0 heterocycles. The Bertz CT molecular complexity index is 307. The summed E-state index contributed by atoms with van der Waals surface area (Å²) < 4.78 is 10.5. The van der Waals surface area contributed by atoms with E-state index >= 15 is 0 Å². The first-order valence-electron chi connectivity index (χ1n) is 4.54. The van der Waals surface area contributed by atoms with E-state index in [1.54, 1.807) is 14.2 Å². The molecule has 0 amide bonds. The van der Waals surface area contributed by atoms with Crippen LogP contribution in [-0.2, 0) is 11.2 Å². The fraction of sp³-hybridized carbons (Fsp3) is 0.455. The first-order valence-corrected chi connectivity index (χ1v) is 4.54. The molecule has 0 saturated carbocycles. The summed E-state index contributed by atoms with van der Waals surface area (Å²) in [6.45, 7) is 0. The van der Waals surface area contributed by atoms with E-state index in [0.29, 0.717) is 6.10 Å². The van der Waals surface area contributed by atoms with E-state index in [0.717, 1.165) is 18.6 Å². The number of hydrogen-bond donors (Lipinski definition) is 0. The van der Waals surface area contributed by atoms with Gasteiger partial charge in [-0.15, -0.1) is 0 Å². The topological polar surface area (TPSA) is 18.5 Å². The van der Waals surface area contributed by atoms with Gasteiger partial charge >= 0.3 is 0 Å². The molecular formula is C11H14O2. The first kappa shape index (κ1) is 8.57. The maximum atomic E-state index is 5.37. The van der Waals surface area contributed by atoms with Gasteiger partial charge in [0.2, 0.25) is 0 Å². The van der Waals surface area contributed by atoms with Gasteiger partial charge in [0.25, 0.3) is 0 Å². The van der Waals surface area contributed by atoms with E-state index in [4.69, 9.17) is 9.47 Å². The predicted octanol–water partition coefficient (Wildman–Crippen LogP) is 2.33. The lowest BCUT2D eigenvalue weighted by Crippen LogP contribution is -1.95. The highest BCUT2D eigenvalue weighted by molar-refractivity contribution is 5.39. The molecule has 2 rings (SSSR count). The summed E-state index contributed by atoms with van der Waals surface area (Å²) in [7, 11) is 3.47. The lowest BCUT2D eigenvalue weighted by molar-refractivity contribution is 0.105. The summed E-state index contributed by atoms with van der Waals surface area (Å²) in [6.07, 6.45) is 2.49. The Morgan fingerprint density at radius 1 is 1.31 bits per heavy atom. The van der Waals surface area contributed by atoms with Gasteiger partial charge in [0.1, 0.15) is 5.75 Å². The van der Waals surface area contributed by atoms with E-state index in [9.17, 15) is 0 Å². The molecule has 1 aromatic carbocycles. The summed E-state index contributed by atoms with van der Waals surface area (Å²) in [4.78, 5) is 0. The normalized spacial score (nSPS) is 20.0. The molecular weight excluding hydrogens is 164 g/mol. The zero-order valence-electron chi connectivity index (χ0n) is 8.04. The van der Waals surface area contributed by atoms with E-state index in [1.165, 1.54) is 11.1 Å². The van der Waals surface area contributed by atoms with Crippen LogP contribution in [0.5, 0.6) is 5.75 Å². The zero-order chi connectivity index (χ0) is 9.26. The van der Waals surface area contributed by atoms with Crippen LogP contribution in [0, 0.1) is 0 Å². The molecule has 1 aliphatic carbocycles. The van der Waals surface area contributed by atoms with E-state index < -0.39 is 0 Å². The second-order valence-corrected chi connectivity index (χ2v) is 3.33. The van der Waals surface area contributed by atoms with Crippen molar-refractivity contribution in [1.82, 2.24) is 0 Å². The molecule has 1 aliphatic rings. The number of ether oxygens (including phenoxy) is 2. The molecule has 0 N–H and O–H groups in total. The summed E-state index contributed by atoms with van der Waals surface area (Å²) in [5.74, 6) is 0.940. The lowest BCUT2D eigenvalue weighted by Gasteiger charge is -2.09. The molecule has 0 aromatic heterocycles. The molecule has 1 aromatic rings. The number of methoxy groups -OCH3 is 2. The average molecular weight is 178 g/mol. The quantitative estimate of drug-likeness (QED) is 0.692. The van der Waals surface area contributed by atoms with Gasteiger partial charge in [0.05, 0.1) is 13.2 Å². The molecule has 0 spiro atoms. The van der Waals surface area contributed by atoms with Gasteiger partial charge in [-0.25, -0.2) is 0 Å². The van der Waals surface area contributed by atoms with Crippen molar-refractivity contribution in [3.8, 4) is 5.75 Å². The van der Waals surface area contributed by atoms with Gasteiger partial charge in [0.15, 0.2) is 0 Å². The third-order valence-corrected chi connectivity index (χ3v) is 2.66. The first-order chi connectivity index (χ1) is 6.35. The Balaban J connectivity index is 2.34. The van der Waals surface area contributed by atoms with Crippen molar-refractivity contribution in [2.45, 2.75) is 18.9 Å². The Morgan fingerprint density at radius 2 is 2.15 bits per heavy atom. The van der Waals surface area contributed by atoms with Gasteiger partial charge in [-0.2, -0.15) is 0 Å². The summed E-state index contributed by atoms with van der Waals surface area (Å²) in [6, 6.07) is 6.21. The Kier molecular flexibility index (Phi) is 2.23. The number of hydrogen-bond acceptors (Lipinski definition) is 2. The van der Waals surface area contributed by atoms with Crippen molar-refractivity contribution in [2.75, 3.05) is 14.2 Å². The molecule has 0 radical (unpaired) electrons. The third-order valence-electron chi connectivity index (χ3n) is 2.66. The van der Waals surface area contributed by atoms with Crippen molar-refractivity contribution in [1.29, 1.82) is 0 Å². The zero-order valence-corrected chi connectivity index (χ0v) is 8.04. The van der Waals surface area contributed by atoms with Crippen LogP contribution in [0.25, 0.3) is 0 Å². The average Bonchev–Trinajstić information content (AvgIpc) is 2.59. The monoisotopic (exact) mass is 178 g/mol. The van der Waals surface area contributed by atoms with Gasteiger partial charge in [-0.3, -0.25) is 0 Å². The minimum atomic E-state index is 0.293. The summed E-state index contributed by atoms with van der Waals surface area (Å²) in [5.41, 5.74) is 2.69. The van der Waals surface area contributed by atoms with Crippen LogP contribution in [0.3, 0.4) is 0 Å². The largest absolute Gasteiger partial charge is 0.497 e. The molecule has 1 unspecified atom stereocenters. The predicted molar refractivity (Wildman–Crippen MR) is 51.1 cm³/mol. The highest BCUT2D eigenvalue weighted by atomic mass is 16.5. The molecule has 2 nitrogen and oxygen atoms in total. The molecule has 13 heavy (non-hydrogen) atoms. The Morgan fingerprint density at radius 3 is 2.85 bits per heavy atom. The van der Waals surface area contributed by atoms with Gasteiger partial charge < -0.3 is 9.47 Å². The molecule has 2 heteroatoms. The maximum Gasteiger partial charge on any atom is 0.119 e. The summed E-state index contributed by atoms with van der Waals surface area (Å²) >= 11 is 0. The summed E-state index contributed by atoms with van der Waals surface area (Å²) in [5, 5.41) is 0. The lowest BCUT2D eigenvalue weighted by atomic mass is 10.1. The second-order valence-electron chi connectivity index (χ2n) is 3.33. The molecule has 0 saturated heterocycles. The van der Waals surface area contributed by atoms with Crippen LogP contribution in [-0.4, -0.2) is 14.2 Å². The van der Waals surface area contributed by atoms with Crippen LogP contribution in [0.4, 0.5) is 0 Å². The van der Waals surface area contributed by atoms with Crippen LogP contribution < -0.4 is 4.74 Å². The number of rotatable bonds is 2. The highest BCUT2D eigenvalue weighted by Gasteiger charge is 2.21. The minimum Gasteiger partial charge on any atom is -0.497 e.